The Morgan fingerprint density at radius 2 is 1.94 bits per heavy atom. The van der Waals surface area contributed by atoms with Crippen molar-refractivity contribution in [2.24, 2.45) is 11.7 Å². The summed E-state index contributed by atoms with van der Waals surface area (Å²) in [5.41, 5.74) is 5.56. The predicted molar refractivity (Wildman–Crippen MR) is 68.4 cm³/mol. The van der Waals surface area contributed by atoms with Crippen molar-refractivity contribution < 1.29 is 9.59 Å². The molecular formula is C12H25N3O2. The lowest BCUT2D eigenvalue weighted by molar-refractivity contribution is -0.138. The van der Waals surface area contributed by atoms with E-state index in [-0.39, 0.29) is 30.3 Å². The number of carbonyl (C=O) groups is 2. The van der Waals surface area contributed by atoms with Gasteiger partial charge in [0.1, 0.15) is 0 Å². The van der Waals surface area contributed by atoms with Crippen LogP contribution in [0.2, 0.25) is 0 Å². The monoisotopic (exact) mass is 243 g/mol. The predicted octanol–water partition coefficient (Wildman–Crippen LogP) is 0.344. The van der Waals surface area contributed by atoms with Crippen LogP contribution in [0.15, 0.2) is 0 Å². The quantitative estimate of drug-likeness (QED) is 0.677. The summed E-state index contributed by atoms with van der Waals surface area (Å²) in [6.45, 7) is 6.22. The number of amides is 2. The van der Waals surface area contributed by atoms with Crippen LogP contribution in [-0.2, 0) is 9.59 Å². The second kappa shape index (κ2) is 8.06. The van der Waals surface area contributed by atoms with Crippen LogP contribution in [0.5, 0.6) is 0 Å². The molecule has 0 spiro atoms. The van der Waals surface area contributed by atoms with Crippen molar-refractivity contribution >= 4 is 11.8 Å². The van der Waals surface area contributed by atoms with E-state index in [1.807, 2.05) is 20.8 Å². The van der Waals surface area contributed by atoms with Gasteiger partial charge in [-0.05, 0) is 20.3 Å². The molecule has 0 aliphatic rings. The number of hydrogen-bond donors (Lipinski definition) is 2. The normalized spacial score (nSPS) is 12.4. The van der Waals surface area contributed by atoms with Crippen LogP contribution in [0.4, 0.5) is 0 Å². The van der Waals surface area contributed by atoms with Gasteiger partial charge in [0.25, 0.3) is 0 Å². The number of nitrogens with two attached hydrogens (primary N) is 1. The summed E-state index contributed by atoms with van der Waals surface area (Å²) >= 11 is 0. The zero-order valence-corrected chi connectivity index (χ0v) is 11.3. The number of carbonyl (C=O) groups excluding carboxylic acids is 2. The highest BCUT2D eigenvalue weighted by atomic mass is 16.2. The van der Waals surface area contributed by atoms with Crippen LogP contribution in [-0.4, -0.2) is 42.9 Å². The van der Waals surface area contributed by atoms with Gasteiger partial charge < -0.3 is 16.0 Å². The number of hydrogen-bond acceptors (Lipinski definition) is 3. The summed E-state index contributed by atoms with van der Waals surface area (Å²) in [4.78, 5) is 24.9. The Kier molecular flexibility index (Phi) is 7.54. The van der Waals surface area contributed by atoms with Gasteiger partial charge in [-0.15, -0.1) is 0 Å². The van der Waals surface area contributed by atoms with Crippen LogP contribution >= 0.6 is 0 Å². The minimum atomic E-state index is -0.170. The summed E-state index contributed by atoms with van der Waals surface area (Å²) in [6, 6.07) is 0.0898. The molecule has 0 saturated heterocycles. The maximum atomic E-state index is 12.0. The lowest BCUT2D eigenvalue weighted by Crippen LogP contribution is -2.44. The average Bonchev–Trinajstić information content (AvgIpc) is 2.23. The molecule has 1 unspecified atom stereocenters. The van der Waals surface area contributed by atoms with Crippen molar-refractivity contribution in [1.29, 1.82) is 0 Å². The van der Waals surface area contributed by atoms with Gasteiger partial charge in [-0.1, -0.05) is 13.3 Å². The molecule has 0 aromatic carbocycles. The molecule has 0 heterocycles. The molecular weight excluding hydrogens is 218 g/mol. The van der Waals surface area contributed by atoms with Gasteiger partial charge in [0.05, 0.1) is 12.5 Å². The zero-order valence-electron chi connectivity index (χ0n) is 11.3. The van der Waals surface area contributed by atoms with Gasteiger partial charge in [-0.3, -0.25) is 9.59 Å². The van der Waals surface area contributed by atoms with Crippen LogP contribution in [0.3, 0.4) is 0 Å². The smallest absolute Gasteiger partial charge is 0.239 e. The van der Waals surface area contributed by atoms with E-state index >= 15 is 0 Å². The summed E-state index contributed by atoms with van der Waals surface area (Å²) in [7, 11) is 1.64. The van der Waals surface area contributed by atoms with Gasteiger partial charge in [0, 0.05) is 19.6 Å². The number of nitrogens with one attached hydrogen (secondary N) is 1. The topological polar surface area (TPSA) is 75.4 Å². The number of likely N-dealkylation sites (N-methyl/N-ethyl adjacent to an activating group) is 1. The van der Waals surface area contributed by atoms with Crippen molar-refractivity contribution in [3.8, 4) is 0 Å². The van der Waals surface area contributed by atoms with E-state index in [2.05, 4.69) is 5.32 Å². The Morgan fingerprint density at radius 1 is 1.35 bits per heavy atom. The van der Waals surface area contributed by atoms with Crippen LogP contribution in [0.1, 0.15) is 33.6 Å². The van der Waals surface area contributed by atoms with E-state index in [4.69, 9.17) is 5.73 Å². The van der Waals surface area contributed by atoms with Crippen molar-refractivity contribution in [2.75, 3.05) is 20.1 Å². The fourth-order valence-electron chi connectivity index (χ4n) is 1.66. The van der Waals surface area contributed by atoms with E-state index < -0.39 is 0 Å². The first kappa shape index (κ1) is 15.9. The van der Waals surface area contributed by atoms with Gasteiger partial charge >= 0.3 is 0 Å². The highest BCUT2D eigenvalue weighted by Crippen LogP contribution is 2.07. The zero-order chi connectivity index (χ0) is 13.4. The Bertz CT molecular complexity index is 254. The molecule has 0 aromatic heterocycles. The molecule has 3 N–H and O–H groups in total. The summed E-state index contributed by atoms with van der Waals surface area (Å²) in [5, 5.41) is 2.75. The molecule has 0 saturated carbocycles. The highest BCUT2D eigenvalue weighted by Gasteiger charge is 2.21. The maximum absolute atomic E-state index is 12.0. The first-order valence-corrected chi connectivity index (χ1v) is 6.16. The molecule has 1 atom stereocenters. The third kappa shape index (κ3) is 6.26. The summed E-state index contributed by atoms with van der Waals surface area (Å²) < 4.78 is 0. The van der Waals surface area contributed by atoms with E-state index in [1.54, 1.807) is 7.05 Å². The number of nitrogens with zero attached hydrogens (tertiary/aromatic N) is 1. The molecule has 100 valence electrons. The average molecular weight is 243 g/mol. The van der Waals surface area contributed by atoms with E-state index in [0.29, 0.717) is 6.54 Å². The molecule has 0 aliphatic heterocycles. The SMILES string of the molecule is CCCC(CN)C(=O)N(C)CC(=O)NC(C)C. The highest BCUT2D eigenvalue weighted by molar-refractivity contribution is 5.85. The molecule has 0 aliphatic carbocycles. The minimum Gasteiger partial charge on any atom is -0.352 e. The second-order valence-electron chi connectivity index (χ2n) is 4.64. The first-order valence-electron chi connectivity index (χ1n) is 6.16. The van der Waals surface area contributed by atoms with Crippen LogP contribution in [0.25, 0.3) is 0 Å². The first-order chi connectivity index (χ1) is 7.92. The van der Waals surface area contributed by atoms with Gasteiger partial charge in [-0.2, -0.15) is 0 Å². The summed E-state index contributed by atoms with van der Waals surface area (Å²) in [6.07, 6.45) is 1.69. The summed E-state index contributed by atoms with van der Waals surface area (Å²) in [5.74, 6) is -0.353. The molecule has 2 amide bonds. The molecule has 17 heavy (non-hydrogen) atoms. The van der Waals surface area contributed by atoms with Gasteiger partial charge in [0.15, 0.2) is 0 Å². The Morgan fingerprint density at radius 3 is 2.35 bits per heavy atom. The fraction of sp³-hybridized carbons (Fsp3) is 0.833. The number of rotatable bonds is 7. The lowest BCUT2D eigenvalue weighted by atomic mass is 10.0. The Hall–Kier alpha value is -1.10. The van der Waals surface area contributed by atoms with Crippen molar-refractivity contribution in [3.05, 3.63) is 0 Å². The molecule has 5 heteroatoms. The van der Waals surface area contributed by atoms with Gasteiger partial charge in [0.2, 0.25) is 11.8 Å². The second-order valence-corrected chi connectivity index (χ2v) is 4.64. The van der Waals surface area contributed by atoms with E-state index in [0.717, 1.165) is 12.8 Å². The Balaban J connectivity index is 4.24. The van der Waals surface area contributed by atoms with Crippen molar-refractivity contribution in [2.45, 2.75) is 39.7 Å². The third-order valence-electron chi connectivity index (χ3n) is 2.48. The third-order valence-corrected chi connectivity index (χ3v) is 2.48. The van der Waals surface area contributed by atoms with Crippen LogP contribution < -0.4 is 11.1 Å². The maximum Gasteiger partial charge on any atom is 0.239 e. The standard InChI is InChI=1S/C12H25N3O2/c1-5-6-10(7-13)12(17)15(4)8-11(16)14-9(2)3/h9-10H,5-8,13H2,1-4H3,(H,14,16). The molecule has 0 rings (SSSR count). The molecule has 5 nitrogen and oxygen atoms in total. The van der Waals surface area contributed by atoms with E-state index in [1.165, 1.54) is 4.90 Å². The van der Waals surface area contributed by atoms with Crippen molar-refractivity contribution in [1.82, 2.24) is 10.2 Å². The van der Waals surface area contributed by atoms with Gasteiger partial charge in [-0.25, -0.2) is 0 Å². The fourth-order valence-corrected chi connectivity index (χ4v) is 1.66. The molecule has 0 radical (unpaired) electrons. The molecule has 0 bridgehead atoms. The lowest BCUT2D eigenvalue weighted by Gasteiger charge is -2.22. The van der Waals surface area contributed by atoms with Crippen LogP contribution in [0, 0.1) is 5.92 Å². The Labute approximate surface area is 104 Å². The largest absolute Gasteiger partial charge is 0.352 e. The minimum absolute atomic E-state index is 0.0479. The van der Waals surface area contributed by atoms with Crippen molar-refractivity contribution in [3.63, 3.8) is 0 Å². The molecule has 0 aromatic rings. The molecule has 0 fully saturated rings. The van der Waals surface area contributed by atoms with E-state index in [9.17, 15) is 9.59 Å².